The Morgan fingerprint density at radius 1 is 1.24 bits per heavy atom. The molecule has 91 valence electrons. The first-order valence-electron chi connectivity index (χ1n) is 5.52. The summed E-state index contributed by atoms with van der Waals surface area (Å²) in [4.78, 5) is 2.32. The van der Waals surface area contributed by atoms with E-state index in [1.807, 2.05) is 0 Å². The molecule has 0 saturated heterocycles. The van der Waals surface area contributed by atoms with Gasteiger partial charge in [-0.1, -0.05) is 5.11 Å². The van der Waals surface area contributed by atoms with Crippen LogP contribution < -0.4 is 0 Å². The van der Waals surface area contributed by atoms with Crippen LogP contribution in [0.3, 0.4) is 0 Å². The maximum absolute atomic E-state index is 9.79. The highest BCUT2D eigenvalue weighted by molar-refractivity contribution is 8.01. The Morgan fingerprint density at radius 3 is 1.95 bits per heavy atom. The van der Waals surface area contributed by atoms with Crippen molar-refractivity contribution in [3.63, 3.8) is 0 Å². The van der Waals surface area contributed by atoms with E-state index in [9.17, 15) is 8.42 Å². The van der Waals surface area contributed by atoms with Gasteiger partial charge in [0.15, 0.2) is 0 Å². The van der Waals surface area contributed by atoms with Crippen molar-refractivity contribution >= 4 is 89.4 Å². The zero-order valence-corrected chi connectivity index (χ0v) is 12.0. The molecule has 0 aliphatic heterocycles. The van der Waals surface area contributed by atoms with Crippen LogP contribution in [-0.4, -0.2) is 105 Å². The first kappa shape index (κ1) is 23.2. The molecular formula is C2H5B11N3O4S. The predicted octanol–water partition coefficient (Wildman–Crippen LogP) is -4.07. The van der Waals surface area contributed by atoms with Crippen LogP contribution in [0, 0.1) is 0 Å². The standard InChI is InChI=1S/C2H5N3O4S.B11/c3-5-4-1-2-9-10(6,7)8;1-7-10(6)11(8(2)3)9(4)5/h1-2H2,(H,6,7,8);. The Bertz CT molecular complexity index is 404. The second kappa shape index (κ2) is 12.4. The first-order valence-corrected chi connectivity index (χ1v) is 6.89. The quantitative estimate of drug-likeness (QED) is 0.122. The lowest BCUT2D eigenvalue weighted by Crippen LogP contribution is -2.63. The predicted molar refractivity (Wildman–Crippen MR) is 94.8 cm³/mol. The smallest absolute Gasteiger partial charge is 0.264 e. The molecular weight excluding hydrogens is 281 g/mol. The van der Waals surface area contributed by atoms with Crippen molar-refractivity contribution in [3.8, 4) is 0 Å². The molecule has 0 aromatic carbocycles. The van der Waals surface area contributed by atoms with Gasteiger partial charge in [0.05, 0.1) is 13.2 Å². The van der Waals surface area contributed by atoms with Gasteiger partial charge in [-0.2, -0.15) is 8.42 Å². The number of hydrogen-bond acceptors (Lipinski definition) is 4. The molecule has 1 N–H and O–H groups in total. The summed E-state index contributed by atoms with van der Waals surface area (Å²) in [7, 11) is 29.1. The van der Waals surface area contributed by atoms with Crippen LogP contribution in [0.5, 0.6) is 0 Å². The van der Waals surface area contributed by atoms with E-state index in [0.717, 1.165) is 0 Å². The van der Waals surface area contributed by atoms with E-state index >= 15 is 0 Å². The topological polar surface area (TPSA) is 112 Å². The zero-order valence-electron chi connectivity index (χ0n) is 11.2. The third-order valence-electron chi connectivity index (χ3n) is 2.04. The van der Waals surface area contributed by atoms with Crippen LogP contribution in [0.4, 0.5) is 0 Å². The highest BCUT2D eigenvalue weighted by Gasteiger charge is 2.26. The molecule has 7 nitrogen and oxygen atoms in total. The van der Waals surface area contributed by atoms with Gasteiger partial charge in [-0.25, -0.2) is 4.18 Å². The minimum atomic E-state index is -4.39. The maximum atomic E-state index is 9.79. The lowest BCUT2D eigenvalue weighted by atomic mass is 8.56. The summed E-state index contributed by atoms with van der Waals surface area (Å²) in [6.07, 6.45) is -2.15. The molecule has 0 unspecified atom stereocenters. The van der Waals surface area contributed by atoms with Gasteiger partial charge in [-0.05, 0) is 5.53 Å². The molecule has 21 heavy (non-hydrogen) atoms. The van der Waals surface area contributed by atoms with Gasteiger partial charge in [0, 0.05) is 83.9 Å². The molecule has 0 aliphatic rings. The SMILES string of the molecule is [B][B]B([B])B(B([B])[B])B([B])[B].[N-]=[N+]=NCCOS(=O)(=O)O. The van der Waals surface area contributed by atoms with E-state index in [0.29, 0.717) is 0 Å². The highest BCUT2D eigenvalue weighted by Crippen LogP contribution is 1.88. The molecule has 0 aliphatic carbocycles. The Kier molecular flexibility index (Phi) is 13.7. The molecule has 0 fully saturated rings. The fraction of sp³-hybridized carbons (Fsp3) is 1.00. The monoisotopic (exact) mass is 288 g/mol. The molecule has 19 heteroatoms. The number of nitrogens with zero attached hydrogens (tertiary/aromatic N) is 3. The Labute approximate surface area is 135 Å². The highest BCUT2D eigenvalue weighted by atomic mass is 32.3. The summed E-state index contributed by atoms with van der Waals surface area (Å²) in [6.45, 7) is -0.473. The summed E-state index contributed by atoms with van der Waals surface area (Å²) in [5, 5.41) is 2.95. The molecule has 0 amide bonds. The molecule has 0 spiro atoms. The van der Waals surface area contributed by atoms with E-state index in [1.54, 1.807) is 0 Å². The molecule has 13 radical (unpaired) electrons. The van der Waals surface area contributed by atoms with Gasteiger partial charge in [0.2, 0.25) is 0 Å². The summed E-state index contributed by atoms with van der Waals surface area (Å²) in [5.41, 5.74) is 7.69. The largest absolute Gasteiger partial charge is 0.397 e. The minimum absolute atomic E-state index is 0.129. The molecule has 0 bridgehead atoms. The van der Waals surface area contributed by atoms with Crippen molar-refractivity contribution < 1.29 is 17.2 Å². The van der Waals surface area contributed by atoms with Crippen LogP contribution in [0.2, 0.25) is 0 Å². The van der Waals surface area contributed by atoms with Gasteiger partial charge < -0.3 is 0 Å². The van der Waals surface area contributed by atoms with Crippen LogP contribution in [0.25, 0.3) is 10.4 Å². The first-order chi connectivity index (χ1) is 9.56. The lowest BCUT2D eigenvalue weighted by Gasteiger charge is -2.25. The van der Waals surface area contributed by atoms with Crippen molar-refractivity contribution in [1.29, 1.82) is 0 Å². The van der Waals surface area contributed by atoms with Crippen molar-refractivity contribution in [3.05, 3.63) is 10.4 Å². The van der Waals surface area contributed by atoms with E-state index in [-0.39, 0.29) is 19.5 Å². The fourth-order valence-corrected chi connectivity index (χ4v) is 1.41. The zero-order chi connectivity index (χ0) is 17.1. The normalized spacial score (nSPS) is 9.38. The van der Waals surface area contributed by atoms with Crippen LogP contribution in [0.1, 0.15) is 0 Å². The summed E-state index contributed by atoms with van der Waals surface area (Å²) < 4.78 is 31.3. The number of azide groups is 1. The lowest BCUT2D eigenvalue weighted by molar-refractivity contribution is 0.276. The maximum Gasteiger partial charge on any atom is 0.397 e. The van der Waals surface area contributed by atoms with Crippen molar-refractivity contribution in [2.75, 3.05) is 13.2 Å². The number of rotatable bonds is 8. The fourth-order valence-electron chi connectivity index (χ4n) is 1.13. The third kappa shape index (κ3) is 14.6. The van der Waals surface area contributed by atoms with Crippen molar-refractivity contribution in [2.45, 2.75) is 0 Å². The van der Waals surface area contributed by atoms with E-state index in [1.165, 1.54) is 7.06 Å². The van der Waals surface area contributed by atoms with Gasteiger partial charge in [-0.15, -0.1) is 0 Å². The van der Waals surface area contributed by atoms with Crippen LogP contribution >= 0.6 is 0 Å². The second-order valence-electron chi connectivity index (χ2n) is 3.71. The second-order valence-corrected chi connectivity index (χ2v) is 4.80. The average Bonchev–Trinajstić information content (AvgIpc) is 2.33. The van der Waals surface area contributed by atoms with Gasteiger partial charge in [0.25, 0.3) is 0 Å². The van der Waals surface area contributed by atoms with Crippen molar-refractivity contribution in [1.82, 2.24) is 0 Å². The van der Waals surface area contributed by atoms with Gasteiger partial charge >= 0.3 is 10.4 Å². The summed E-state index contributed by atoms with van der Waals surface area (Å²) in [6, 6.07) is 0. The van der Waals surface area contributed by atoms with Crippen molar-refractivity contribution in [2.24, 2.45) is 5.11 Å². The summed E-state index contributed by atoms with van der Waals surface area (Å²) >= 11 is 0. The Morgan fingerprint density at radius 2 is 1.71 bits per heavy atom. The molecule has 0 heterocycles. The third-order valence-corrected chi connectivity index (χ3v) is 2.51. The van der Waals surface area contributed by atoms with E-state index in [2.05, 4.69) is 14.2 Å². The summed E-state index contributed by atoms with van der Waals surface area (Å²) in [5.74, 6) is 0. The minimum Gasteiger partial charge on any atom is -0.264 e. The van der Waals surface area contributed by atoms with E-state index in [4.69, 9.17) is 56.5 Å². The van der Waals surface area contributed by atoms with E-state index < -0.39 is 29.6 Å². The molecule has 0 rings (SSSR count). The van der Waals surface area contributed by atoms with Crippen LogP contribution in [-0.2, 0) is 14.6 Å². The van der Waals surface area contributed by atoms with Crippen LogP contribution in [0.15, 0.2) is 5.11 Å². The Balaban J connectivity index is 0. The van der Waals surface area contributed by atoms with Gasteiger partial charge in [-0.3, -0.25) is 4.55 Å². The molecule has 0 saturated carbocycles. The molecule has 0 aromatic heterocycles. The number of hydrogen-bond donors (Lipinski definition) is 1. The molecule has 0 aromatic rings. The Hall–Kier alpha value is -0.106. The average molecular weight is 286 g/mol. The molecule has 0 atom stereocenters. The van der Waals surface area contributed by atoms with Gasteiger partial charge in [0.1, 0.15) is 0 Å².